The summed E-state index contributed by atoms with van der Waals surface area (Å²) in [6, 6.07) is 8.46. The Bertz CT molecular complexity index is 920. The van der Waals surface area contributed by atoms with E-state index in [-0.39, 0.29) is 16.9 Å². The Morgan fingerprint density at radius 1 is 1.20 bits per heavy atom. The Morgan fingerprint density at radius 2 is 1.92 bits per heavy atom. The second-order valence-electron chi connectivity index (χ2n) is 4.76. The SMILES string of the molecule is N#Cc1cc(F)cc(Oc2ccc(CS(=O)[O-])c(C#N)c2C(F)F)c1. The van der Waals surface area contributed by atoms with Gasteiger partial charge in [0.1, 0.15) is 23.4 Å². The fourth-order valence-electron chi connectivity index (χ4n) is 2.14. The smallest absolute Gasteiger partial charge is 0.268 e. The first kappa shape index (κ1) is 18.5. The van der Waals surface area contributed by atoms with Crippen LogP contribution in [0, 0.1) is 28.5 Å². The number of alkyl halides is 2. The van der Waals surface area contributed by atoms with E-state index >= 15 is 0 Å². The molecule has 0 heterocycles. The molecule has 25 heavy (non-hydrogen) atoms. The van der Waals surface area contributed by atoms with Crippen molar-refractivity contribution >= 4 is 11.1 Å². The predicted molar refractivity (Wildman–Crippen MR) is 79.9 cm³/mol. The zero-order chi connectivity index (χ0) is 18.6. The van der Waals surface area contributed by atoms with E-state index in [9.17, 15) is 21.9 Å². The van der Waals surface area contributed by atoms with E-state index < -0.39 is 46.0 Å². The third-order valence-electron chi connectivity index (χ3n) is 3.12. The Hall–Kier alpha value is -2.88. The second-order valence-corrected chi connectivity index (χ2v) is 5.66. The van der Waals surface area contributed by atoms with E-state index in [1.807, 2.05) is 0 Å². The van der Waals surface area contributed by atoms with Crippen molar-refractivity contribution in [1.29, 1.82) is 10.5 Å². The molecule has 1 unspecified atom stereocenters. The molecule has 0 aliphatic carbocycles. The third-order valence-corrected chi connectivity index (χ3v) is 3.67. The lowest BCUT2D eigenvalue weighted by molar-refractivity contribution is 0.147. The van der Waals surface area contributed by atoms with Gasteiger partial charge in [0.15, 0.2) is 0 Å². The van der Waals surface area contributed by atoms with Crippen LogP contribution in [0.1, 0.15) is 28.7 Å². The summed E-state index contributed by atoms with van der Waals surface area (Å²) in [5.41, 5.74) is -1.50. The topological polar surface area (TPSA) is 96.9 Å². The van der Waals surface area contributed by atoms with Gasteiger partial charge in [0, 0.05) is 11.8 Å². The van der Waals surface area contributed by atoms with Crippen LogP contribution in [0.3, 0.4) is 0 Å². The highest BCUT2D eigenvalue weighted by Gasteiger charge is 2.23. The summed E-state index contributed by atoms with van der Waals surface area (Å²) in [6.07, 6.45) is -3.13. The van der Waals surface area contributed by atoms with Gasteiger partial charge in [-0.3, -0.25) is 4.21 Å². The van der Waals surface area contributed by atoms with Gasteiger partial charge in [0.2, 0.25) is 0 Å². The molecule has 2 aromatic carbocycles. The Labute approximate surface area is 143 Å². The van der Waals surface area contributed by atoms with Crippen molar-refractivity contribution < 1.29 is 26.7 Å². The quantitative estimate of drug-likeness (QED) is 0.753. The molecule has 0 bridgehead atoms. The molecule has 2 aromatic rings. The van der Waals surface area contributed by atoms with E-state index in [4.69, 9.17) is 15.3 Å². The minimum atomic E-state index is -3.13. The van der Waals surface area contributed by atoms with Crippen molar-refractivity contribution in [3.8, 4) is 23.6 Å². The number of hydrogen-bond acceptors (Lipinski definition) is 5. The van der Waals surface area contributed by atoms with Gasteiger partial charge in [-0.05, 0) is 23.8 Å². The first-order valence-electron chi connectivity index (χ1n) is 6.64. The maximum Gasteiger partial charge on any atom is 0.268 e. The second kappa shape index (κ2) is 7.79. The minimum Gasteiger partial charge on any atom is -0.772 e. The fraction of sp³-hybridized carbons (Fsp3) is 0.125. The molecule has 0 spiro atoms. The molecule has 0 aromatic heterocycles. The lowest BCUT2D eigenvalue weighted by Crippen LogP contribution is -2.03. The standard InChI is InChI=1S/C16H9F3N2O3S/c17-11-3-9(6-20)4-12(5-11)24-14-2-1-10(8-25(22)23)13(7-21)15(14)16(18)19/h1-5,16H,8H2,(H,22,23)/p-1. The maximum atomic E-state index is 13.4. The molecule has 9 heteroatoms. The maximum absolute atomic E-state index is 13.4. The molecule has 0 amide bonds. The Kier molecular flexibility index (Phi) is 5.75. The largest absolute Gasteiger partial charge is 0.772 e. The summed E-state index contributed by atoms with van der Waals surface area (Å²) in [5, 5.41) is 17.9. The molecule has 0 aliphatic heterocycles. The average molecular weight is 365 g/mol. The van der Waals surface area contributed by atoms with Crippen LogP contribution in [0.4, 0.5) is 13.2 Å². The van der Waals surface area contributed by atoms with Gasteiger partial charge in [-0.2, -0.15) is 10.5 Å². The van der Waals surface area contributed by atoms with Gasteiger partial charge in [0.05, 0.1) is 22.8 Å². The normalized spacial score (nSPS) is 11.6. The molecule has 5 nitrogen and oxygen atoms in total. The van der Waals surface area contributed by atoms with Gasteiger partial charge >= 0.3 is 0 Å². The number of ether oxygens (including phenoxy) is 1. The molecular formula is C16H8F3N2O3S-. The highest BCUT2D eigenvalue weighted by atomic mass is 32.2. The summed E-state index contributed by atoms with van der Waals surface area (Å²) < 4.78 is 67.1. The lowest BCUT2D eigenvalue weighted by atomic mass is 10.0. The van der Waals surface area contributed by atoms with Crippen LogP contribution in [0.15, 0.2) is 30.3 Å². The van der Waals surface area contributed by atoms with Gasteiger partial charge in [-0.1, -0.05) is 17.1 Å². The summed E-state index contributed by atoms with van der Waals surface area (Å²) in [6.45, 7) is 0. The van der Waals surface area contributed by atoms with Crippen LogP contribution >= 0.6 is 0 Å². The molecule has 0 saturated carbocycles. The van der Waals surface area contributed by atoms with Crippen LogP contribution in [0.2, 0.25) is 0 Å². The van der Waals surface area contributed by atoms with Gasteiger partial charge in [-0.25, -0.2) is 13.2 Å². The summed E-state index contributed by atoms with van der Waals surface area (Å²) in [4.78, 5) is 0. The molecular weight excluding hydrogens is 357 g/mol. The highest BCUT2D eigenvalue weighted by Crippen LogP contribution is 2.37. The number of hydrogen-bond donors (Lipinski definition) is 0. The van der Waals surface area contributed by atoms with E-state index in [1.54, 1.807) is 12.1 Å². The lowest BCUT2D eigenvalue weighted by Gasteiger charge is -2.16. The van der Waals surface area contributed by atoms with Crippen molar-refractivity contribution in [1.82, 2.24) is 0 Å². The third kappa shape index (κ3) is 4.35. The van der Waals surface area contributed by atoms with Crippen LogP contribution in [0.5, 0.6) is 11.5 Å². The van der Waals surface area contributed by atoms with Gasteiger partial charge in [0.25, 0.3) is 6.43 Å². The van der Waals surface area contributed by atoms with Crippen LogP contribution < -0.4 is 4.74 Å². The summed E-state index contributed by atoms with van der Waals surface area (Å²) in [7, 11) is 0. The first-order chi connectivity index (χ1) is 11.8. The van der Waals surface area contributed by atoms with Gasteiger partial charge < -0.3 is 9.29 Å². The molecule has 0 radical (unpaired) electrons. The predicted octanol–water partition coefficient (Wildman–Crippen LogP) is 3.68. The van der Waals surface area contributed by atoms with E-state index in [2.05, 4.69) is 0 Å². The first-order valence-corrected chi connectivity index (χ1v) is 7.88. The fourth-order valence-corrected chi connectivity index (χ4v) is 2.64. The molecule has 0 saturated heterocycles. The van der Waals surface area contributed by atoms with Crippen LogP contribution in [-0.2, 0) is 16.8 Å². The van der Waals surface area contributed by atoms with Crippen LogP contribution in [0.25, 0.3) is 0 Å². The highest BCUT2D eigenvalue weighted by molar-refractivity contribution is 7.78. The monoisotopic (exact) mass is 365 g/mol. The molecule has 128 valence electrons. The van der Waals surface area contributed by atoms with Gasteiger partial charge in [-0.15, -0.1) is 0 Å². The number of nitrogens with zero attached hydrogens (tertiary/aromatic N) is 2. The van der Waals surface area contributed by atoms with E-state index in [0.29, 0.717) is 0 Å². The molecule has 0 N–H and O–H groups in total. The molecule has 0 fully saturated rings. The number of halogens is 3. The number of rotatable bonds is 5. The summed E-state index contributed by atoms with van der Waals surface area (Å²) in [5.74, 6) is -2.04. The average Bonchev–Trinajstić information content (AvgIpc) is 2.54. The molecule has 2 rings (SSSR count). The molecule has 0 aliphatic rings. The van der Waals surface area contributed by atoms with E-state index in [0.717, 1.165) is 24.3 Å². The Balaban J connectivity index is 2.55. The number of benzene rings is 2. The van der Waals surface area contributed by atoms with Crippen molar-refractivity contribution in [2.24, 2.45) is 0 Å². The molecule has 1 atom stereocenters. The zero-order valence-corrected chi connectivity index (χ0v) is 13.1. The van der Waals surface area contributed by atoms with Crippen LogP contribution in [-0.4, -0.2) is 8.76 Å². The number of nitriles is 2. The summed E-state index contributed by atoms with van der Waals surface area (Å²) >= 11 is -2.57. The Morgan fingerprint density at radius 3 is 2.48 bits per heavy atom. The van der Waals surface area contributed by atoms with Crippen molar-refractivity contribution in [3.63, 3.8) is 0 Å². The zero-order valence-electron chi connectivity index (χ0n) is 12.3. The van der Waals surface area contributed by atoms with Crippen molar-refractivity contribution in [2.75, 3.05) is 0 Å². The van der Waals surface area contributed by atoms with Crippen molar-refractivity contribution in [3.05, 3.63) is 58.4 Å². The van der Waals surface area contributed by atoms with E-state index in [1.165, 1.54) is 6.07 Å². The minimum absolute atomic E-state index is 0.0764. The van der Waals surface area contributed by atoms with Crippen molar-refractivity contribution in [2.45, 2.75) is 12.2 Å².